The smallest absolute Gasteiger partial charge is 0.0624 e. The van der Waals surface area contributed by atoms with Crippen LogP contribution in [0.5, 0.6) is 0 Å². The minimum absolute atomic E-state index is 0.0464. The molecule has 1 atom stereocenters. The van der Waals surface area contributed by atoms with Crippen LogP contribution < -0.4 is 5.73 Å². The Morgan fingerprint density at radius 3 is 2.44 bits per heavy atom. The van der Waals surface area contributed by atoms with Crippen LogP contribution in [0.3, 0.4) is 0 Å². The van der Waals surface area contributed by atoms with Crippen molar-refractivity contribution >= 4 is 34.0 Å². The van der Waals surface area contributed by atoms with Crippen molar-refractivity contribution in [1.29, 1.82) is 0 Å². The van der Waals surface area contributed by atoms with Crippen molar-refractivity contribution in [2.24, 2.45) is 5.73 Å². The summed E-state index contributed by atoms with van der Waals surface area (Å²) in [5.74, 6) is 0. The third kappa shape index (κ3) is 3.98. The van der Waals surface area contributed by atoms with Crippen molar-refractivity contribution in [2.75, 3.05) is 13.2 Å². The summed E-state index contributed by atoms with van der Waals surface area (Å²) in [6, 6.07) is 16.3. The molecule has 5 heteroatoms. The maximum absolute atomic E-state index is 9.24. The van der Waals surface area contributed by atoms with Gasteiger partial charge in [0.05, 0.1) is 22.7 Å². The Morgan fingerprint density at radius 2 is 1.67 bits per heavy atom. The van der Waals surface area contributed by atoms with E-state index in [-0.39, 0.29) is 12.6 Å². The quantitative estimate of drug-likeness (QED) is 0.667. The number of hydrogen-bond acceptors (Lipinski definition) is 3. The molecule has 0 spiro atoms. The molecule has 0 aliphatic carbocycles. The van der Waals surface area contributed by atoms with Gasteiger partial charge < -0.3 is 10.8 Å². The minimum atomic E-state index is -0.331. The standard InChI is InChI=1S/C22H22Cl2N2O/c23-20-9-17-5-6-26(12-19(17)10-21(20)24)11-14-1-2-16-8-18(22(25)13-27)4-3-15(16)7-14/h1-4,7-10,22,27H,5-6,11-13,25H2. The maximum Gasteiger partial charge on any atom is 0.0624 e. The van der Waals surface area contributed by atoms with Crippen LogP contribution in [0.15, 0.2) is 48.5 Å². The van der Waals surface area contributed by atoms with E-state index >= 15 is 0 Å². The fourth-order valence-corrected chi connectivity index (χ4v) is 4.12. The largest absolute Gasteiger partial charge is 0.394 e. The van der Waals surface area contributed by atoms with Gasteiger partial charge in [-0.2, -0.15) is 0 Å². The van der Waals surface area contributed by atoms with E-state index in [1.54, 1.807) is 0 Å². The lowest BCUT2D eigenvalue weighted by Gasteiger charge is -2.29. The zero-order valence-electron chi connectivity index (χ0n) is 15.0. The van der Waals surface area contributed by atoms with E-state index < -0.39 is 0 Å². The lowest BCUT2D eigenvalue weighted by Crippen LogP contribution is -2.30. The lowest BCUT2D eigenvalue weighted by atomic mass is 9.98. The fraction of sp³-hybridized carbons (Fsp3) is 0.273. The Hall–Kier alpha value is -1.62. The number of nitrogens with two attached hydrogens (primary N) is 1. The van der Waals surface area contributed by atoms with Crippen molar-refractivity contribution in [3.8, 4) is 0 Å². The van der Waals surface area contributed by atoms with E-state index in [9.17, 15) is 5.11 Å². The SMILES string of the molecule is NC(CO)c1ccc2cc(CN3CCc4cc(Cl)c(Cl)cc4C3)ccc2c1. The highest BCUT2D eigenvalue weighted by molar-refractivity contribution is 6.42. The molecule has 0 saturated heterocycles. The Balaban J connectivity index is 1.52. The first-order valence-corrected chi connectivity index (χ1v) is 9.87. The van der Waals surface area contributed by atoms with Gasteiger partial charge >= 0.3 is 0 Å². The fourth-order valence-electron chi connectivity index (χ4n) is 3.75. The summed E-state index contributed by atoms with van der Waals surface area (Å²) in [7, 11) is 0. The first-order chi connectivity index (χ1) is 13.0. The second kappa shape index (κ2) is 7.78. The summed E-state index contributed by atoms with van der Waals surface area (Å²) in [5, 5.41) is 12.8. The molecule has 0 bridgehead atoms. The van der Waals surface area contributed by atoms with Crippen LogP contribution in [-0.4, -0.2) is 23.2 Å². The third-order valence-electron chi connectivity index (χ3n) is 5.29. The molecule has 3 aromatic carbocycles. The van der Waals surface area contributed by atoms with Crippen LogP contribution >= 0.6 is 23.2 Å². The summed E-state index contributed by atoms with van der Waals surface area (Å²) in [6.07, 6.45) is 0.988. The van der Waals surface area contributed by atoms with Crippen LogP contribution in [0, 0.1) is 0 Å². The number of aliphatic hydroxyl groups excluding tert-OH is 1. The molecule has 0 fully saturated rings. The van der Waals surface area contributed by atoms with Gasteiger partial charge in [0.2, 0.25) is 0 Å². The third-order valence-corrected chi connectivity index (χ3v) is 6.02. The molecule has 1 unspecified atom stereocenters. The number of halogens is 2. The Labute approximate surface area is 169 Å². The molecular formula is C22H22Cl2N2O. The zero-order valence-corrected chi connectivity index (χ0v) is 16.5. The molecule has 0 saturated carbocycles. The van der Waals surface area contributed by atoms with Gasteiger partial charge in [-0.05, 0) is 63.7 Å². The molecule has 3 aromatic rings. The summed E-state index contributed by atoms with van der Waals surface area (Å²) < 4.78 is 0. The van der Waals surface area contributed by atoms with E-state index in [4.69, 9.17) is 28.9 Å². The predicted octanol–water partition coefficient (Wildman–Crippen LogP) is 4.70. The molecule has 0 amide bonds. The van der Waals surface area contributed by atoms with E-state index in [1.165, 1.54) is 22.1 Å². The van der Waals surface area contributed by atoms with E-state index in [1.807, 2.05) is 18.2 Å². The van der Waals surface area contributed by atoms with Crippen molar-refractivity contribution in [3.05, 3.63) is 80.8 Å². The van der Waals surface area contributed by atoms with E-state index in [2.05, 4.69) is 35.2 Å². The van der Waals surface area contributed by atoms with Gasteiger partial charge in [-0.25, -0.2) is 0 Å². The van der Waals surface area contributed by atoms with E-state index in [0.717, 1.165) is 37.0 Å². The predicted molar refractivity (Wildman–Crippen MR) is 112 cm³/mol. The van der Waals surface area contributed by atoms with Crippen molar-refractivity contribution in [2.45, 2.75) is 25.6 Å². The zero-order chi connectivity index (χ0) is 19.0. The summed E-state index contributed by atoms with van der Waals surface area (Å²) in [6.45, 7) is 2.74. The monoisotopic (exact) mass is 400 g/mol. The molecule has 1 heterocycles. The van der Waals surface area contributed by atoms with Gasteiger partial charge in [0, 0.05) is 19.6 Å². The number of benzene rings is 3. The summed E-state index contributed by atoms with van der Waals surface area (Å²) in [5.41, 5.74) is 10.7. The Morgan fingerprint density at radius 1 is 0.963 bits per heavy atom. The Bertz CT molecular complexity index is 989. The van der Waals surface area contributed by atoms with Gasteiger partial charge in [-0.1, -0.05) is 47.5 Å². The molecule has 0 aromatic heterocycles. The average Bonchev–Trinajstić information content (AvgIpc) is 2.68. The molecule has 140 valence electrons. The second-order valence-corrected chi connectivity index (χ2v) is 8.04. The highest BCUT2D eigenvalue weighted by atomic mass is 35.5. The van der Waals surface area contributed by atoms with Gasteiger partial charge in [0.25, 0.3) is 0 Å². The van der Waals surface area contributed by atoms with Gasteiger partial charge in [-0.3, -0.25) is 4.90 Å². The van der Waals surface area contributed by atoms with Crippen molar-refractivity contribution < 1.29 is 5.11 Å². The van der Waals surface area contributed by atoms with Crippen molar-refractivity contribution in [3.63, 3.8) is 0 Å². The molecule has 27 heavy (non-hydrogen) atoms. The van der Waals surface area contributed by atoms with Crippen LogP contribution in [0.1, 0.15) is 28.3 Å². The van der Waals surface area contributed by atoms with Crippen LogP contribution in [0.25, 0.3) is 10.8 Å². The minimum Gasteiger partial charge on any atom is -0.394 e. The average molecular weight is 401 g/mol. The molecule has 1 aliphatic heterocycles. The normalized spacial score (nSPS) is 15.7. The van der Waals surface area contributed by atoms with Crippen LogP contribution in [0.4, 0.5) is 0 Å². The molecule has 4 rings (SSSR count). The number of aliphatic hydroxyl groups is 1. The van der Waals surface area contributed by atoms with Gasteiger partial charge in [0.15, 0.2) is 0 Å². The number of hydrogen-bond donors (Lipinski definition) is 2. The highest BCUT2D eigenvalue weighted by Crippen LogP contribution is 2.30. The highest BCUT2D eigenvalue weighted by Gasteiger charge is 2.18. The molecule has 0 radical (unpaired) electrons. The van der Waals surface area contributed by atoms with E-state index in [0.29, 0.717) is 10.0 Å². The number of fused-ring (bicyclic) bond motifs is 2. The Kier molecular flexibility index (Phi) is 5.40. The number of rotatable bonds is 4. The molecule has 3 nitrogen and oxygen atoms in total. The van der Waals surface area contributed by atoms with Crippen LogP contribution in [0.2, 0.25) is 10.0 Å². The first-order valence-electron chi connectivity index (χ1n) is 9.11. The molecule has 1 aliphatic rings. The molecule has 3 N–H and O–H groups in total. The lowest BCUT2D eigenvalue weighted by molar-refractivity contribution is 0.245. The first kappa shape index (κ1) is 18.7. The molecular weight excluding hydrogens is 379 g/mol. The van der Waals surface area contributed by atoms with Crippen LogP contribution in [-0.2, 0) is 19.5 Å². The summed E-state index contributed by atoms with van der Waals surface area (Å²) >= 11 is 12.3. The second-order valence-electron chi connectivity index (χ2n) is 7.23. The topological polar surface area (TPSA) is 49.5 Å². The number of nitrogens with zero attached hydrogens (tertiary/aromatic N) is 1. The van der Waals surface area contributed by atoms with Gasteiger partial charge in [-0.15, -0.1) is 0 Å². The maximum atomic E-state index is 9.24. The van der Waals surface area contributed by atoms with Crippen molar-refractivity contribution in [1.82, 2.24) is 4.90 Å². The van der Waals surface area contributed by atoms with Gasteiger partial charge in [0.1, 0.15) is 0 Å². The summed E-state index contributed by atoms with van der Waals surface area (Å²) in [4.78, 5) is 2.43.